The first-order valence-electron chi connectivity index (χ1n) is 10.8. The second-order valence-electron chi connectivity index (χ2n) is 7.99. The lowest BCUT2D eigenvalue weighted by Crippen LogP contribution is -2.31. The lowest BCUT2D eigenvalue weighted by atomic mass is 10.0. The maximum absolute atomic E-state index is 13.4. The van der Waals surface area contributed by atoms with Gasteiger partial charge in [0.1, 0.15) is 11.5 Å². The molecule has 8 heteroatoms. The summed E-state index contributed by atoms with van der Waals surface area (Å²) in [6, 6.07) is 18.8. The second-order valence-corrected chi connectivity index (χ2v) is 9.96. The smallest absolute Gasteiger partial charge is 0.264 e. The van der Waals surface area contributed by atoms with Crippen molar-refractivity contribution in [2.24, 2.45) is 0 Å². The van der Waals surface area contributed by atoms with Crippen LogP contribution in [0.3, 0.4) is 0 Å². The average molecular weight is 483 g/mol. The number of benzene rings is 3. The number of carbonyl (C=O) groups excluding carboxylic acids is 1. The number of ether oxygens (including phenoxy) is 2. The Bertz CT molecular complexity index is 1270. The van der Waals surface area contributed by atoms with E-state index in [2.05, 4.69) is 0 Å². The molecule has 3 rings (SSSR count). The molecule has 34 heavy (non-hydrogen) atoms. The molecule has 0 bridgehead atoms. The molecule has 180 valence electrons. The molecule has 0 aliphatic rings. The number of hydrogen-bond donors (Lipinski definition) is 0. The number of methoxy groups -OCH3 is 2. The zero-order valence-corrected chi connectivity index (χ0v) is 21.1. The predicted molar refractivity (Wildman–Crippen MR) is 133 cm³/mol. The molecule has 0 aliphatic carbocycles. The van der Waals surface area contributed by atoms with E-state index in [1.54, 1.807) is 56.3 Å². The van der Waals surface area contributed by atoms with Crippen LogP contribution >= 0.6 is 0 Å². The van der Waals surface area contributed by atoms with E-state index < -0.39 is 10.0 Å². The van der Waals surface area contributed by atoms with Gasteiger partial charge < -0.3 is 14.4 Å². The van der Waals surface area contributed by atoms with Crippen molar-refractivity contribution in [1.29, 1.82) is 0 Å². The Hall–Kier alpha value is -3.52. The van der Waals surface area contributed by atoms with Gasteiger partial charge in [-0.2, -0.15) is 0 Å². The lowest BCUT2D eigenvalue weighted by molar-refractivity contribution is 0.0741. The van der Waals surface area contributed by atoms with E-state index in [4.69, 9.17) is 9.47 Å². The molecular formula is C26H30N2O5S. The largest absolute Gasteiger partial charge is 0.497 e. The van der Waals surface area contributed by atoms with Gasteiger partial charge in [0.2, 0.25) is 0 Å². The number of aryl methyl sites for hydroxylation is 1. The normalized spacial score (nSPS) is 12.1. The van der Waals surface area contributed by atoms with Crippen molar-refractivity contribution in [2.45, 2.75) is 24.8 Å². The quantitative estimate of drug-likeness (QED) is 0.466. The summed E-state index contributed by atoms with van der Waals surface area (Å²) in [4.78, 5) is 15.0. The van der Waals surface area contributed by atoms with Crippen molar-refractivity contribution in [3.63, 3.8) is 0 Å². The molecule has 0 heterocycles. The maximum atomic E-state index is 13.4. The Kier molecular flexibility index (Phi) is 7.51. The minimum absolute atomic E-state index is 0.0281. The Balaban J connectivity index is 1.93. The Labute approximate surface area is 201 Å². The molecule has 0 N–H and O–H groups in total. The number of amides is 1. The zero-order valence-electron chi connectivity index (χ0n) is 20.3. The molecule has 1 atom stereocenters. The van der Waals surface area contributed by atoms with Crippen LogP contribution in [0.1, 0.15) is 34.5 Å². The summed E-state index contributed by atoms with van der Waals surface area (Å²) in [6.07, 6.45) is 0. The van der Waals surface area contributed by atoms with Gasteiger partial charge in [-0.3, -0.25) is 9.10 Å². The van der Waals surface area contributed by atoms with Gasteiger partial charge in [0.05, 0.1) is 30.8 Å². The predicted octanol–water partition coefficient (Wildman–Crippen LogP) is 4.67. The van der Waals surface area contributed by atoms with Gasteiger partial charge in [-0.1, -0.05) is 30.3 Å². The van der Waals surface area contributed by atoms with Crippen LogP contribution in [0.25, 0.3) is 0 Å². The zero-order chi connectivity index (χ0) is 25.0. The molecule has 0 aliphatic heterocycles. The van der Waals surface area contributed by atoms with E-state index in [1.165, 1.54) is 26.3 Å². The van der Waals surface area contributed by atoms with Crippen molar-refractivity contribution in [2.75, 3.05) is 32.6 Å². The molecule has 0 aromatic heterocycles. The third kappa shape index (κ3) is 4.87. The van der Waals surface area contributed by atoms with E-state index in [0.717, 1.165) is 15.6 Å². The highest BCUT2D eigenvalue weighted by Gasteiger charge is 2.27. The van der Waals surface area contributed by atoms with Gasteiger partial charge in [0.15, 0.2) is 0 Å². The standard InChI is InChI=1S/C26H30N2O5S/c1-18-11-16-22(34(30,31)28(4)24-9-7-8-10-25(24)33-6)17-23(18)26(29)27(3)19(2)20-12-14-21(32-5)15-13-20/h7-17,19H,1-6H3. The van der Waals surface area contributed by atoms with Crippen molar-refractivity contribution >= 4 is 21.6 Å². The fourth-order valence-corrected chi connectivity index (χ4v) is 4.87. The van der Waals surface area contributed by atoms with E-state index in [9.17, 15) is 13.2 Å². The van der Waals surface area contributed by atoms with E-state index in [1.807, 2.05) is 31.2 Å². The highest BCUT2D eigenvalue weighted by Crippen LogP contribution is 2.32. The van der Waals surface area contributed by atoms with E-state index in [0.29, 0.717) is 22.6 Å². The van der Waals surface area contributed by atoms with Crippen LogP contribution in [-0.4, -0.2) is 47.5 Å². The van der Waals surface area contributed by atoms with Crippen LogP contribution in [-0.2, 0) is 10.0 Å². The van der Waals surface area contributed by atoms with Crippen molar-refractivity contribution in [3.05, 3.63) is 83.4 Å². The molecule has 1 amide bonds. The molecule has 7 nitrogen and oxygen atoms in total. The average Bonchev–Trinajstić information content (AvgIpc) is 2.87. The van der Waals surface area contributed by atoms with Crippen LogP contribution in [0.2, 0.25) is 0 Å². The van der Waals surface area contributed by atoms with E-state index >= 15 is 0 Å². The maximum Gasteiger partial charge on any atom is 0.264 e. The van der Waals surface area contributed by atoms with Crippen LogP contribution in [0.5, 0.6) is 11.5 Å². The summed E-state index contributed by atoms with van der Waals surface area (Å²) in [5.41, 5.74) is 2.37. The molecular weight excluding hydrogens is 452 g/mol. The Morgan fingerprint density at radius 3 is 2.18 bits per heavy atom. The highest BCUT2D eigenvalue weighted by molar-refractivity contribution is 7.92. The summed E-state index contributed by atoms with van der Waals surface area (Å²) in [5, 5.41) is 0. The summed E-state index contributed by atoms with van der Waals surface area (Å²) in [5.74, 6) is 0.903. The summed E-state index contributed by atoms with van der Waals surface area (Å²) in [7, 11) is 2.33. The number of rotatable bonds is 8. The fourth-order valence-electron chi connectivity index (χ4n) is 3.64. The number of anilines is 1. The number of hydrogen-bond acceptors (Lipinski definition) is 5. The molecule has 0 saturated heterocycles. The third-order valence-corrected chi connectivity index (χ3v) is 7.79. The molecule has 1 unspecified atom stereocenters. The van der Waals surface area contributed by atoms with E-state index in [-0.39, 0.29) is 16.8 Å². The monoisotopic (exact) mass is 482 g/mol. The first-order chi connectivity index (χ1) is 16.1. The topological polar surface area (TPSA) is 76.2 Å². The second kappa shape index (κ2) is 10.2. The third-order valence-electron chi connectivity index (χ3n) is 6.02. The first-order valence-corrected chi connectivity index (χ1v) is 12.2. The minimum Gasteiger partial charge on any atom is -0.497 e. The van der Waals surface area contributed by atoms with Gasteiger partial charge in [0, 0.05) is 19.7 Å². The molecule has 0 radical (unpaired) electrons. The van der Waals surface area contributed by atoms with Crippen molar-refractivity contribution in [3.8, 4) is 11.5 Å². The summed E-state index contributed by atoms with van der Waals surface area (Å²) in [6.45, 7) is 3.71. The molecule has 0 spiro atoms. The van der Waals surface area contributed by atoms with Gasteiger partial charge in [0.25, 0.3) is 15.9 Å². The number of nitrogens with zero attached hydrogens (tertiary/aromatic N) is 2. The molecule has 0 fully saturated rings. The highest BCUT2D eigenvalue weighted by atomic mass is 32.2. The van der Waals surface area contributed by atoms with Crippen LogP contribution in [0.4, 0.5) is 5.69 Å². The summed E-state index contributed by atoms with van der Waals surface area (Å²) < 4.78 is 38.5. The number of sulfonamides is 1. The minimum atomic E-state index is -3.93. The van der Waals surface area contributed by atoms with Gasteiger partial charge in [-0.25, -0.2) is 8.42 Å². The van der Waals surface area contributed by atoms with Crippen LogP contribution < -0.4 is 13.8 Å². The van der Waals surface area contributed by atoms with Crippen LogP contribution in [0.15, 0.2) is 71.6 Å². The van der Waals surface area contributed by atoms with Crippen LogP contribution in [0, 0.1) is 6.92 Å². The van der Waals surface area contributed by atoms with Gasteiger partial charge >= 0.3 is 0 Å². The fraction of sp³-hybridized carbons (Fsp3) is 0.269. The number of carbonyl (C=O) groups is 1. The number of para-hydroxylation sites is 2. The Morgan fingerprint density at radius 1 is 0.912 bits per heavy atom. The molecule has 3 aromatic rings. The van der Waals surface area contributed by atoms with Crippen molar-refractivity contribution < 1.29 is 22.7 Å². The van der Waals surface area contributed by atoms with Gasteiger partial charge in [-0.15, -0.1) is 0 Å². The summed E-state index contributed by atoms with van der Waals surface area (Å²) >= 11 is 0. The SMILES string of the molecule is COc1ccc(C(C)N(C)C(=O)c2cc(S(=O)(=O)N(C)c3ccccc3OC)ccc2C)cc1. The Morgan fingerprint density at radius 2 is 1.56 bits per heavy atom. The molecule has 0 saturated carbocycles. The lowest BCUT2D eigenvalue weighted by Gasteiger charge is -2.27. The van der Waals surface area contributed by atoms with Gasteiger partial charge in [-0.05, 0) is 61.4 Å². The first kappa shape index (κ1) is 25.1. The van der Waals surface area contributed by atoms with Crippen molar-refractivity contribution in [1.82, 2.24) is 4.90 Å². The molecule has 3 aromatic carbocycles.